The van der Waals surface area contributed by atoms with Crippen LogP contribution in [0.5, 0.6) is 0 Å². The molecule has 7 heteroatoms. The number of carbonyl (C=O) groups excluding carboxylic acids is 1. The van der Waals surface area contributed by atoms with Gasteiger partial charge in [-0.1, -0.05) is 0 Å². The number of carbonyl (C=O) groups is 1. The standard InChI is InChI=1S/C3H6O6S/c4-1-2(5)3(6)10(7,8)9/h2,4-5H,1H2,(H,7,8,9)/t2-/m1/s1. The molecular weight excluding hydrogens is 164 g/mol. The first-order chi connectivity index (χ1) is 4.39. The van der Waals surface area contributed by atoms with E-state index in [0.29, 0.717) is 0 Å². The van der Waals surface area contributed by atoms with E-state index < -0.39 is 27.9 Å². The third-order valence-corrected chi connectivity index (χ3v) is 1.48. The molecular formula is C3H6O6S. The molecule has 0 aliphatic heterocycles. The molecule has 1 atom stereocenters. The van der Waals surface area contributed by atoms with Crippen molar-refractivity contribution in [3.8, 4) is 0 Å². The molecule has 0 aromatic carbocycles. The maximum atomic E-state index is 10.1. The van der Waals surface area contributed by atoms with Gasteiger partial charge in [0.05, 0.1) is 6.61 Å². The molecule has 0 aliphatic carbocycles. The van der Waals surface area contributed by atoms with E-state index >= 15 is 0 Å². The Labute approximate surface area is 56.8 Å². The van der Waals surface area contributed by atoms with Gasteiger partial charge in [0.25, 0.3) is 0 Å². The lowest BCUT2D eigenvalue weighted by atomic mass is 10.4. The summed E-state index contributed by atoms with van der Waals surface area (Å²) in [5.41, 5.74) is 0. The fraction of sp³-hybridized carbons (Fsp3) is 0.667. The highest BCUT2D eigenvalue weighted by molar-refractivity contribution is 8.01. The van der Waals surface area contributed by atoms with Gasteiger partial charge in [0.1, 0.15) is 0 Å². The van der Waals surface area contributed by atoms with Crippen LogP contribution in [-0.2, 0) is 14.9 Å². The molecule has 0 saturated carbocycles. The Morgan fingerprint density at radius 2 is 1.90 bits per heavy atom. The SMILES string of the molecule is O=C([C@H](O)CO)S(=O)(=O)O. The Morgan fingerprint density at radius 3 is 2.00 bits per heavy atom. The van der Waals surface area contributed by atoms with E-state index in [2.05, 4.69) is 0 Å². The Morgan fingerprint density at radius 1 is 1.50 bits per heavy atom. The van der Waals surface area contributed by atoms with Crippen LogP contribution in [0.4, 0.5) is 0 Å². The third-order valence-electron chi connectivity index (χ3n) is 0.699. The second-order valence-corrected chi connectivity index (χ2v) is 2.84. The number of aliphatic hydroxyl groups excluding tert-OH is 2. The number of aliphatic hydroxyl groups is 2. The normalized spacial score (nSPS) is 14.7. The average Bonchev–Trinajstić information content (AvgIpc) is 1.83. The number of hydrogen-bond acceptors (Lipinski definition) is 5. The van der Waals surface area contributed by atoms with Crippen LogP contribution in [0.15, 0.2) is 0 Å². The van der Waals surface area contributed by atoms with Gasteiger partial charge in [-0.2, -0.15) is 8.42 Å². The van der Waals surface area contributed by atoms with Gasteiger partial charge in [-0.3, -0.25) is 9.35 Å². The monoisotopic (exact) mass is 170 g/mol. The van der Waals surface area contributed by atoms with Crippen molar-refractivity contribution in [2.75, 3.05) is 6.61 Å². The number of rotatable bonds is 2. The fourth-order valence-corrected chi connectivity index (χ4v) is 0.665. The minimum Gasteiger partial charge on any atom is -0.393 e. The molecule has 0 bridgehead atoms. The third kappa shape index (κ3) is 2.40. The summed E-state index contributed by atoms with van der Waals surface area (Å²) in [6.45, 7) is -1.03. The van der Waals surface area contributed by atoms with Crippen molar-refractivity contribution in [2.24, 2.45) is 0 Å². The first kappa shape index (κ1) is 9.50. The zero-order valence-corrected chi connectivity index (χ0v) is 5.58. The van der Waals surface area contributed by atoms with E-state index in [1.807, 2.05) is 0 Å². The molecule has 0 saturated heterocycles. The van der Waals surface area contributed by atoms with Gasteiger partial charge in [-0.25, -0.2) is 0 Å². The van der Waals surface area contributed by atoms with Crippen molar-refractivity contribution in [2.45, 2.75) is 6.10 Å². The minimum atomic E-state index is -4.86. The van der Waals surface area contributed by atoms with Gasteiger partial charge in [0.15, 0.2) is 6.10 Å². The molecule has 0 radical (unpaired) electrons. The molecule has 60 valence electrons. The lowest BCUT2D eigenvalue weighted by molar-refractivity contribution is -0.121. The summed E-state index contributed by atoms with van der Waals surface area (Å²) in [6.07, 6.45) is -2.06. The smallest absolute Gasteiger partial charge is 0.331 e. The summed E-state index contributed by atoms with van der Waals surface area (Å²) in [7, 11) is -4.86. The molecule has 0 aromatic heterocycles. The van der Waals surface area contributed by atoms with Gasteiger partial charge in [-0.15, -0.1) is 0 Å². The maximum absolute atomic E-state index is 10.1. The molecule has 6 nitrogen and oxygen atoms in total. The van der Waals surface area contributed by atoms with Crippen LogP contribution in [0, 0.1) is 0 Å². The topological polar surface area (TPSA) is 112 Å². The van der Waals surface area contributed by atoms with Gasteiger partial charge in [-0.05, 0) is 0 Å². The molecule has 0 fully saturated rings. The van der Waals surface area contributed by atoms with Crippen molar-refractivity contribution >= 4 is 15.2 Å². The van der Waals surface area contributed by atoms with E-state index in [1.165, 1.54) is 0 Å². The van der Waals surface area contributed by atoms with Crippen molar-refractivity contribution in [1.82, 2.24) is 0 Å². The van der Waals surface area contributed by atoms with Gasteiger partial charge in [0, 0.05) is 0 Å². The fourth-order valence-electron chi connectivity index (χ4n) is 0.246. The van der Waals surface area contributed by atoms with Crippen LogP contribution < -0.4 is 0 Å². The van der Waals surface area contributed by atoms with Crippen molar-refractivity contribution < 1.29 is 28.0 Å². The lowest BCUT2D eigenvalue weighted by Crippen LogP contribution is -2.30. The Bertz CT molecular complexity index is 215. The molecule has 0 aliphatic rings. The highest BCUT2D eigenvalue weighted by Gasteiger charge is 2.26. The van der Waals surface area contributed by atoms with Crippen LogP contribution in [0.2, 0.25) is 0 Å². The molecule has 0 spiro atoms. The first-order valence-corrected chi connectivity index (χ1v) is 3.64. The maximum Gasteiger partial charge on any atom is 0.331 e. The quantitative estimate of drug-likeness (QED) is 0.404. The van der Waals surface area contributed by atoms with Crippen LogP contribution >= 0.6 is 0 Å². The van der Waals surface area contributed by atoms with Crippen LogP contribution in [0.3, 0.4) is 0 Å². The molecule has 0 unspecified atom stereocenters. The predicted molar refractivity (Wildman–Crippen MR) is 29.6 cm³/mol. The molecule has 0 rings (SSSR count). The summed E-state index contributed by atoms with van der Waals surface area (Å²) in [4.78, 5) is 10.1. The first-order valence-electron chi connectivity index (χ1n) is 2.20. The summed E-state index contributed by atoms with van der Waals surface area (Å²) in [5.74, 6) is 0. The molecule has 0 heterocycles. The molecule has 0 amide bonds. The highest BCUT2D eigenvalue weighted by Crippen LogP contribution is 1.91. The second-order valence-electron chi connectivity index (χ2n) is 1.49. The summed E-state index contributed by atoms with van der Waals surface area (Å²) < 4.78 is 27.7. The predicted octanol–water partition coefficient (Wildman–Crippen LogP) is -2.25. The van der Waals surface area contributed by atoms with Gasteiger partial charge in [0.2, 0.25) is 0 Å². The van der Waals surface area contributed by atoms with E-state index in [9.17, 15) is 13.2 Å². The Balaban J connectivity index is 4.40. The molecule has 3 N–H and O–H groups in total. The number of hydrogen-bond donors (Lipinski definition) is 3. The minimum absolute atomic E-state index is 1.03. The Hall–Kier alpha value is -0.500. The van der Waals surface area contributed by atoms with Crippen LogP contribution in [0.1, 0.15) is 0 Å². The molecule has 0 aromatic rings. The van der Waals surface area contributed by atoms with Gasteiger partial charge >= 0.3 is 15.2 Å². The average molecular weight is 170 g/mol. The van der Waals surface area contributed by atoms with Crippen molar-refractivity contribution in [1.29, 1.82) is 0 Å². The van der Waals surface area contributed by atoms with E-state index in [4.69, 9.17) is 14.8 Å². The van der Waals surface area contributed by atoms with E-state index in [-0.39, 0.29) is 0 Å². The zero-order valence-electron chi connectivity index (χ0n) is 4.76. The van der Waals surface area contributed by atoms with E-state index in [1.54, 1.807) is 0 Å². The molecule has 10 heavy (non-hydrogen) atoms. The van der Waals surface area contributed by atoms with Crippen molar-refractivity contribution in [3.05, 3.63) is 0 Å². The summed E-state index contributed by atoms with van der Waals surface area (Å²) in [6, 6.07) is 0. The summed E-state index contributed by atoms with van der Waals surface area (Å²) >= 11 is 0. The largest absolute Gasteiger partial charge is 0.393 e. The second kappa shape index (κ2) is 3.06. The van der Waals surface area contributed by atoms with Crippen LogP contribution in [-0.4, -0.2) is 41.0 Å². The van der Waals surface area contributed by atoms with E-state index in [0.717, 1.165) is 0 Å². The summed E-state index contributed by atoms with van der Waals surface area (Å²) in [5, 5.41) is 14.5. The zero-order chi connectivity index (χ0) is 8.36. The van der Waals surface area contributed by atoms with Gasteiger partial charge < -0.3 is 10.2 Å². The lowest BCUT2D eigenvalue weighted by Gasteiger charge is -2.00. The highest BCUT2D eigenvalue weighted by atomic mass is 32.2. The van der Waals surface area contributed by atoms with Crippen LogP contribution in [0.25, 0.3) is 0 Å². The van der Waals surface area contributed by atoms with Crippen molar-refractivity contribution in [3.63, 3.8) is 0 Å². The Kier molecular flexibility index (Phi) is 2.91.